The van der Waals surface area contributed by atoms with E-state index in [1.165, 1.54) is 0 Å². The second-order valence-corrected chi connectivity index (χ2v) is 3.52. The monoisotopic (exact) mass is 172 g/mol. The van der Waals surface area contributed by atoms with Gasteiger partial charge < -0.3 is 15.0 Å². The lowest BCUT2D eigenvalue weighted by molar-refractivity contribution is -0.0350. The fourth-order valence-electron chi connectivity index (χ4n) is 1.57. The van der Waals surface area contributed by atoms with Crippen molar-refractivity contribution in [2.45, 2.75) is 26.0 Å². The van der Waals surface area contributed by atoms with Crippen LogP contribution in [0, 0.1) is 0 Å². The molecule has 1 N–H and O–H groups in total. The molecule has 1 fully saturated rings. The first kappa shape index (κ1) is 9.96. The van der Waals surface area contributed by atoms with Crippen LogP contribution in [0.5, 0.6) is 0 Å². The van der Waals surface area contributed by atoms with Gasteiger partial charge in [-0.3, -0.25) is 0 Å². The minimum atomic E-state index is 0.365. The number of hydrogen-bond donors (Lipinski definition) is 1. The van der Waals surface area contributed by atoms with Crippen LogP contribution in [0.3, 0.4) is 0 Å². The van der Waals surface area contributed by atoms with E-state index in [1.54, 1.807) is 0 Å². The molecular formula is C9H20N2O. The molecule has 1 aliphatic rings. The van der Waals surface area contributed by atoms with Crippen LogP contribution in [0.1, 0.15) is 13.8 Å². The van der Waals surface area contributed by atoms with Crippen molar-refractivity contribution < 1.29 is 4.74 Å². The Balaban J connectivity index is 2.29. The first-order valence-corrected chi connectivity index (χ1v) is 4.77. The Kier molecular flexibility index (Phi) is 3.98. The predicted molar refractivity (Wildman–Crippen MR) is 50.4 cm³/mol. The van der Waals surface area contributed by atoms with Gasteiger partial charge in [0.25, 0.3) is 0 Å². The van der Waals surface area contributed by atoms with E-state index in [2.05, 4.69) is 31.1 Å². The van der Waals surface area contributed by atoms with Crippen LogP contribution >= 0.6 is 0 Å². The van der Waals surface area contributed by atoms with E-state index in [9.17, 15) is 0 Å². The smallest absolute Gasteiger partial charge is 0.0852 e. The van der Waals surface area contributed by atoms with E-state index in [-0.39, 0.29) is 0 Å². The molecule has 0 radical (unpaired) electrons. The van der Waals surface area contributed by atoms with Gasteiger partial charge in [-0.1, -0.05) is 6.92 Å². The third-order valence-corrected chi connectivity index (χ3v) is 2.38. The van der Waals surface area contributed by atoms with Crippen LogP contribution in [-0.2, 0) is 4.74 Å². The zero-order valence-corrected chi connectivity index (χ0v) is 8.34. The van der Waals surface area contributed by atoms with Gasteiger partial charge in [0.1, 0.15) is 0 Å². The average Bonchev–Trinajstić information content (AvgIpc) is 2.05. The zero-order valence-electron chi connectivity index (χ0n) is 8.34. The summed E-state index contributed by atoms with van der Waals surface area (Å²) in [6.45, 7) is 8.32. The minimum Gasteiger partial charge on any atom is -0.374 e. The SMILES string of the molecule is CCNC(C)C1CN(C)CCO1. The summed E-state index contributed by atoms with van der Waals surface area (Å²) < 4.78 is 5.66. The molecule has 72 valence electrons. The predicted octanol–water partition coefficient (Wildman–Crippen LogP) is 0.315. The highest BCUT2D eigenvalue weighted by atomic mass is 16.5. The molecule has 2 atom stereocenters. The van der Waals surface area contributed by atoms with Crippen LogP contribution in [0.25, 0.3) is 0 Å². The van der Waals surface area contributed by atoms with E-state index in [4.69, 9.17) is 4.74 Å². The lowest BCUT2D eigenvalue weighted by Gasteiger charge is -2.33. The van der Waals surface area contributed by atoms with Crippen molar-refractivity contribution in [3.05, 3.63) is 0 Å². The van der Waals surface area contributed by atoms with Gasteiger partial charge in [0.15, 0.2) is 0 Å². The summed E-state index contributed by atoms with van der Waals surface area (Å²) in [5.41, 5.74) is 0. The standard InChI is InChI=1S/C9H20N2O/c1-4-10-8(2)9-7-11(3)5-6-12-9/h8-10H,4-7H2,1-3H3. The van der Waals surface area contributed by atoms with Gasteiger partial charge in [-0.05, 0) is 20.5 Å². The zero-order chi connectivity index (χ0) is 8.97. The summed E-state index contributed by atoms with van der Waals surface area (Å²) in [7, 11) is 2.15. The summed E-state index contributed by atoms with van der Waals surface area (Å²) in [6.07, 6.45) is 0.365. The molecule has 3 nitrogen and oxygen atoms in total. The third-order valence-electron chi connectivity index (χ3n) is 2.38. The average molecular weight is 172 g/mol. The molecule has 0 spiro atoms. The van der Waals surface area contributed by atoms with Crippen LogP contribution in [-0.4, -0.2) is 50.3 Å². The van der Waals surface area contributed by atoms with Crippen LogP contribution in [0.2, 0.25) is 0 Å². The molecule has 1 heterocycles. The molecule has 3 heteroatoms. The Labute approximate surface area is 75.1 Å². The van der Waals surface area contributed by atoms with Gasteiger partial charge in [0.2, 0.25) is 0 Å². The first-order valence-electron chi connectivity index (χ1n) is 4.77. The van der Waals surface area contributed by atoms with Crippen molar-refractivity contribution >= 4 is 0 Å². The first-order chi connectivity index (χ1) is 5.74. The van der Waals surface area contributed by atoms with Gasteiger partial charge in [-0.2, -0.15) is 0 Å². The molecular weight excluding hydrogens is 152 g/mol. The second-order valence-electron chi connectivity index (χ2n) is 3.52. The van der Waals surface area contributed by atoms with E-state index >= 15 is 0 Å². The molecule has 0 aliphatic carbocycles. The van der Waals surface area contributed by atoms with Gasteiger partial charge >= 0.3 is 0 Å². The number of morpholine rings is 1. The van der Waals surface area contributed by atoms with E-state index < -0.39 is 0 Å². The Morgan fingerprint density at radius 1 is 1.67 bits per heavy atom. The molecule has 1 saturated heterocycles. The molecule has 0 aromatic heterocycles. The highest BCUT2D eigenvalue weighted by molar-refractivity contribution is 4.78. The quantitative estimate of drug-likeness (QED) is 0.663. The fourth-order valence-corrected chi connectivity index (χ4v) is 1.57. The molecule has 0 aromatic rings. The molecule has 0 saturated carbocycles. The topological polar surface area (TPSA) is 24.5 Å². The summed E-state index contributed by atoms with van der Waals surface area (Å²) >= 11 is 0. The number of nitrogens with zero attached hydrogens (tertiary/aromatic N) is 1. The van der Waals surface area contributed by atoms with Crippen molar-refractivity contribution in [3.63, 3.8) is 0 Å². The number of rotatable bonds is 3. The molecule has 1 rings (SSSR count). The van der Waals surface area contributed by atoms with E-state index in [0.717, 1.165) is 26.2 Å². The summed E-state index contributed by atoms with van der Waals surface area (Å²) in [4.78, 5) is 2.32. The Morgan fingerprint density at radius 2 is 2.42 bits per heavy atom. The second kappa shape index (κ2) is 4.80. The van der Waals surface area contributed by atoms with Crippen LogP contribution in [0.4, 0.5) is 0 Å². The number of ether oxygens (including phenoxy) is 1. The number of likely N-dealkylation sites (N-methyl/N-ethyl adjacent to an activating group) is 2. The van der Waals surface area contributed by atoms with E-state index in [1.807, 2.05) is 0 Å². The summed E-state index contributed by atoms with van der Waals surface area (Å²) in [5.74, 6) is 0. The minimum absolute atomic E-state index is 0.365. The maximum absolute atomic E-state index is 5.66. The third kappa shape index (κ3) is 2.73. The lowest BCUT2D eigenvalue weighted by atomic mass is 10.1. The van der Waals surface area contributed by atoms with E-state index in [0.29, 0.717) is 12.1 Å². The maximum atomic E-state index is 5.66. The number of hydrogen-bond acceptors (Lipinski definition) is 3. The molecule has 1 aliphatic heterocycles. The molecule has 0 amide bonds. The number of nitrogens with one attached hydrogen (secondary N) is 1. The Hall–Kier alpha value is -0.120. The lowest BCUT2D eigenvalue weighted by Crippen LogP contribution is -2.49. The van der Waals surface area contributed by atoms with Crippen molar-refractivity contribution in [2.75, 3.05) is 33.3 Å². The van der Waals surface area contributed by atoms with Crippen molar-refractivity contribution in [2.24, 2.45) is 0 Å². The Bertz CT molecular complexity index is 130. The molecule has 2 unspecified atom stereocenters. The highest BCUT2D eigenvalue weighted by Gasteiger charge is 2.22. The van der Waals surface area contributed by atoms with Gasteiger partial charge in [0, 0.05) is 19.1 Å². The summed E-state index contributed by atoms with van der Waals surface area (Å²) in [5, 5.41) is 3.38. The van der Waals surface area contributed by atoms with Crippen molar-refractivity contribution in [1.29, 1.82) is 0 Å². The van der Waals surface area contributed by atoms with Gasteiger partial charge in [-0.15, -0.1) is 0 Å². The van der Waals surface area contributed by atoms with Crippen molar-refractivity contribution in [1.82, 2.24) is 10.2 Å². The van der Waals surface area contributed by atoms with Gasteiger partial charge in [0.05, 0.1) is 12.7 Å². The highest BCUT2D eigenvalue weighted by Crippen LogP contribution is 2.06. The largest absolute Gasteiger partial charge is 0.374 e. The molecule has 0 bridgehead atoms. The normalized spacial score (nSPS) is 28.8. The maximum Gasteiger partial charge on any atom is 0.0852 e. The molecule has 0 aromatic carbocycles. The Morgan fingerprint density at radius 3 is 3.00 bits per heavy atom. The molecule has 12 heavy (non-hydrogen) atoms. The summed E-state index contributed by atoms with van der Waals surface area (Å²) in [6, 6.07) is 0.470. The van der Waals surface area contributed by atoms with Crippen LogP contribution < -0.4 is 5.32 Å². The van der Waals surface area contributed by atoms with Gasteiger partial charge in [-0.25, -0.2) is 0 Å². The fraction of sp³-hybridized carbons (Fsp3) is 1.00. The van der Waals surface area contributed by atoms with Crippen molar-refractivity contribution in [3.8, 4) is 0 Å². The van der Waals surface area contributed by atoms with Crippen LogP contribution in [0.15, 0.2) is 0 Å².